The van der Waals surface area contributed by atoms with Gasteiger partial charge in [0.05, 0.1) is 0 Å². The number of carboxylic acid groups (broad SMARTS) is 1. The number of carboxylic acids is 1. The Bertz CT molecular complexity index is 451. The normalized spacial score (nSPS) is 24.8. The van der Waals surface area contributed by atoms with E-state index in [1.807, 2.05) is 23.1 Å². The molecule has 0 aromatic heterocycles. The van der Waals surface area contributed by atoms with Crippen molar-refractivity contribution >= 4 is 11.7 Å². The molecule has 2 heterocycles. The molecule has 0 spiro atoms. The Labute approximate surface area is 98.6 Å². The molecular formula is C11H12N4O2. The lowest BCUT2D eigenvalue weighted by atomic mass is 10.2. The summed E-state index contributed by atoms with van der Waals surface area (Å²) in [4.78, 5) is 17.0. The number of hydrogen-bond acceptors (Lipinski definition) is 5. The third-order valence-electron chi connectivity index (χ3n) is 2.65. The average molecular weight is 232 g/mol. The lowest BCUT2D eigenvalue weighted by Gasteiger charge is -2.26. The summed E-state index contributed by atoms with van der Waals surface area (Å²) in [6.45, 7) is 1.81. The minimum atomic E-state index is -1.10. The lowest BCUT2D eigenvalue weighted by Crippen LogP contribution is -2.52. The zero-order valence-corrected chi connectivity index (χ0v) is 9.13. The molecule has 6 nitrogen and oxygen atoms in total. The van der Waals surface area contributed by atoms with Crippen molar-refractivity contribution in [1.29, 1.82) is 5.26 Å². The standard InChI is InChI=1S/C11H12N4O2/c12-7-8-3-4-13-10(9(14-8)11(16)17)15-5-1-2-6-15/h1-3,10,13H,4-6H2,(H,16,17). The van der Waals surface area contributed by atoms with Gasteiger partial charge in [0.2, 0.25) is 0 Å². The van der Waals surface area contributed by atoms with Gasteiger partial charge < -0.3 is 5.11 Å². The molecule has 0 amide bonds. The van der Waals surface area contributed by atoms with Crippen LogP contribution in [0.4, 0.5) is 0 Å². The molecule has 1 unspecified atom stereocenters. The van der Waals surface area contributed by atoms with Crippen LogP contribution in [-0.4, -0.2) is 47.5 Å². The third-order valence-corrected chi connectivity index (χ3v) is 2.65. The first-order valence-corrected chi connectivity index (χ1v) is 5.27. The van der Waals surface area contributed by atoms with Gasteiger partial charge in [0.15, 0.2) is 5.71 Å². The molecule has 0 saturated heterocycles. The summed E-state index contributed by atoms with van der Waals surface area (Å²) in [5.41, 5.74) is 0.114. The second-order valence-electron chi connectivity index (χ2n) is 3.74. The Balaban J connectivity index is 2.27. The Morgan fingerprint density at radius 1 is 1.59 bits per heavy atom. The first-order chi connectivity index (χ1) is 8.22. The van der Waals surface area contributed by atoms with Crippen LogP contribution in [-0.2, 0) is 4.79 Å². The van der Waals surface area contributed by atoms with E-state index in [1.165, 1.54) is 0 Å². The zero-order valence-electron chi connectivity index (χ0n) is 9.13. The van der Waals surface area contributed by atoms with E-state index in [0.29, 0.717) is 19.6 Å². The predicted molar refractivity (Wildman–Crippen MR) is 61.3 cm³/mol. The second kappa shape index (κ2) is 4.91. The van der Waals surface area contributed by atoms with Crippen molar-refractivity contribution in [2.45, 2.75) is 6.17 Å². The smallest absolute Gasteiger partial charge is 0.353 e. The molecule has 2 aliphatic heterocycles. The second-order valence-corrected chi connectivity index (χ2v) is 3.74. The first kappa shape index (κ1) is 11.5. The average Bonchev–Trinajstić information content (AvgIpc) is 2.74. The fourth-order valence-electron chi connectivity index (χ4n) is 1.84. The molecule has 2 N–H and O–H groups in total. The van der Waals surface area contributed by atoms with E-state index in [1.54, 1.807) is 6.08 Å². The fourth-order valence-corrected chi connectivity index (χ4v) is 1.84. The van der Waals surface area contributed by atoms with Gasteiger partial charge in [-0.25, -0.2) is 9.79 Å². The molecule has 6 heteroatoms. The van der Waals surface area contributed by atoms with Crippen LogP contribution < -0.4 is 5.32 Å². The van der Waals surface area contributed by atoms with Crippen molar-refractivity contribution in [3.05, 3.63) is 23.9 Å². The number of nitrogens with zero attached hydrogens (tertiary/aromatic N) is 3. The van der Waals surface area contributed by atoms with Crippen molar-refractivity contribution in [2.24, 2.45) is 4.99 Å². The van der Waals surface area contributed by atoms with Crippen molar-refractivity contribution in [1.82, 2.24) is 10.2 Å². The van der Waals surface area contributed by atoms with Crippen LogP contribution in [0.2, 0.25) is 0 Å². The van der Waals surface area contributed by atoms with Gasteiger partial charge in [-0.15, -0.1) is 0 Å². The number of allylic oxidation sites excluding steroid dienone is 1. The van der Waals surface area contributed by atoms with E-state index in [2.05, 4.69) is 10.3 Å². The Morgan fingerprint density at radius 3 is 2.88 bits per heavy atom. The summed E-state index contributed by atoms with van der Waals surface area (Å²) < 4.78 is 0. The number of nitrogens with one attached hydrogen (secondary N) is 1. The molecule has 2 aliphatic rings. The summed E-state index contributed by atoms with van der Waals surface area (Å²) >= 11 is 0. The maximum absolute atomic E-state index is 11.2. The molecule has 0 aromatic carbocycles. The van der Waals surface area contributed by atoms with Gasteiger partial charge >= 0.3 is 5.97 Å². The van der Waals surface area contributed by atoms with E-state index in [4.69, 9.17) is 10.4 Å². The topological polar surface area (TPSA) is 88.7 Å². The molecule has 0 saturated carbocycles. The predicted octanol–water partition coefficient (Wildman–Crippen LogP) is -0.279. The summed E-state index contributed by atoms with van der Waals surface area (Å²) in [6.07, 6.45) is 5.09. The minimum absolute atomic E-state index is 0.0287. The van der Waals surface area contributed by atoms with Crippen LogP contribution in [0, 0.1) is 11.3 Å². The maximum Gasteiger partial charge on any atom is 0.353 e. The van der Waals surface area contributed by atoms with E-state index >= 15 is 0 Å². The fraction of sp³-hybridized carbons (Fsp3) is 0.364. The summed E-state index contributed by atoms with van der Waals surface area (Å²) in [5, 5.41) is 21.0. The van der Waals surface area contributed by atoms with Crippen molar-refractivity contribution < 1.29 is 9.90 Å². The van der Waals surface area contributed by atoms with Gasteiger partial charge in [0.1, 0.15) is 17.9 Å². The number of aliphatic carboxylic acids is 1. The minimum Gasteiger partial charge on any atom is -0.477 e. The molecule has 88 valence electrons. The maximum atomic E-state index is 11.2. The summed E-state index contributed by atoms with van der Waals surface area (Å²) in [6, 6.07) is 1.88. The highest BCUT2D eigenvalue weighted by Crippen LogP contribution is 2.10. The Kier molecular flexibility index (Phi) is 3.32. The molecule has 0 aromatic rings. The van der Waals surface area contributed by atoms with Crippen molar-refractivity contribution in [3.63, 3.8) is 0 Å². The van der Waals surface area contributed by atoms with Crippen LogP contribution in [0.3, 0.4) is 0 Å². The molecule has 0 fully saturated rings. The van der Waals surface area contributed by atoms with Crippen LogP contribution >= 0.6 is 0 Å². The largest absolute Gasteiger partial charge is 0.477 e. The van der Waals surface area contributed by atoms with Crippen LogP contribution in [0.1, 0.15) is 0 Å². The monoisotopic (exact) mass is 232 g/mol. The van der Waals surface area contributed by atoms with Gasteiger partial charge in [-0.1, -0.05) is 12.2 Å². The van der Waals surface area contributed by atoms with Crippen molar-refractivity contribution in [3.8, 4) is 6.07 Å². The highest BCUT2D eigenvalue weighted by Gasteiger charge is 2.29. The third kappa shape index (κ3) is 2.41. The van der Waals surface area contributed by atoms with Gasteiger partial charge in [0, 0.05) is 19.6 Å². The van der Waals surface area contributed by atoms with Gasteiger partial charge in [-0.3, -0.25) is 10.2 Å². The molecule has 0 radical (unpaired) electrons. The quantitative estimate of drug-likeness (QED) is 0.639. The van der Waals surface area contributed by atoms with Gasteiger partial charge in [0.25, 0.3) is 0 Å². The SMILES string of the molecule is N#CC1=CCNC(N2CC=CC2)C(C(=O)O)=N1. The number of rotatable bonds is 2. The summed E-state index contributed by atoms with van der Waals surface area (Å²) in [5.74, 6) is -1.10. The first-order valence-electron chi connectivity index (χ1n) is 5.27. The van der Waals surface area contributed by atoms with E-state index in [0.717, 1.165) is 0 Å². The van der Waals surface area contributed by atoms with E-state index < -0.39 is 12.1 Å². The Morgan fingerprint density at radius 2 is 2.29 bits per heavy atom. The molecule has 0 bridgehead atoms. The van der Waals surface area contributed by atoms with E-state index in [-0.39, 0.29) is 11.4 Å². The number of nitriles is 1. The number of carbonyl (C=O) groups is 1. The number of hydrogen-bond donors (Lipinski definition) is 2. The molecule has 0 aliphatic carbocycles. The van der Waals surface area contributed by atoms with E-state index in [9.17, 15) is 4.79 Å². The van der Waals surface area contributed by atoms with Crippen LogP contribution in [0.5, 0.6) is 0 Å². The zero-order chi connectivity index (χ0) is 12.3. The highest BCUT2D eigenvalue weighted by atomic mass is 16.4. The molecule has 2 rings (SSSR count). The van der Waals surface area contributed by atoms with Gasteiger partial charge in [-0.05, 0) is 6.08 Å². The van der Waals surface area contributed by atoms with Crippen LogP contribution in [0.25, 0.3) is 0 Å². The molecule has 17 heavy (non-hydrogen) atoms. The number of aliphatic imine (C=N–C) groups is 1. The lowest BCUT2D eigenvalue weighted by molar-refractivity contribution is -0.129. The molecular weight excluding hydrogens is 220 g/mol. The van der Waals surface area contributed by atoms with Crippen molar-refractivity contribution in [2.75, 3.05) is 19.6 Å². The highest BCUT2D eigenvalue weighted by molar-refractivity contribution is 6.38. The summed E-state index contributed by atoms with van der Waals surface area (Å²) in [7, 11) is 0. The Hall–Kier alpha value is -1.97. The molecule has 1 atom stereocenters. The van der Waals surface area contributed by atoms with Gasteiger partial charge in [-0.2, -0.15) is 5.26 Å². The van der Waals surface area contributed by atoms with Crippen LogP contribution in [0.15, 0.2) is 28.9 Å².